The van der Waals surface area contributed by atoms with Gasteiger partial charge in [0.05, 0.1) is 19.8 Å². The second-order valence-electron chi connectivity index (χ2n) is 6.07. The van der Waals surface area contributed by atoms with Gasteiger partial charge in [-0.1, -0.05) is 12.2 Å². The Morgan fingerprint density at radius 1 is 1.12 bits per heavy atom. The SMILES string of the molecule is COc1cc(C=CCCNC(=O)OC(C)(C)C)c(OC)cc1C=O. The molecular weight excluding hydrogens is 310 g/mol. The quantitative estimate of drug-likeness (QED) is 0.610. The maximum Gasteiger partial charge on any atom is 0.407 e. The van der Waals surface area contributed by atoms with Crippen molar-refractivity contribution >= 4 is 18.5 Å². The molecule has 1 amide bonds. The summed E-state index contributed by atoms with van der Waals surface area (Å²) in [6, 6.07) is 3.37. The molecule has 0 spiro atoms. The maximum absolute atomic E-state index is 11.5. The van der Waals surface area contributed by atoms with Crippen molar-refractivity contribution in [3.63, 3.8) is 0 Å². The fourth-order valence-electron chi connectivity index (χ4n) is 1.95. The van der Waals surface area contributed by atoms with Crippen molar-refractivity contribution in [3.8, 4) is 11.5 Å². The van der Waals surface area contributed by atoms with Crippen LogP contribution in [0.1, 0.15) is 43.1 Å². The highest BCUT2D eigenvalue weighted by Gasteiger charge is 2.15. The van der Waals surface area contributed by atoms with Gasteiger partial charge in [0.15, 0.2) is 6.29 Å². The highest BCUT2D eigenvalue weighted by molar-refractivity contribution is 5.82. The predicted octanol–water partition coefficient (Wildman–Crippen LogP) is 3.44. The lowest BCUT2D eigenvalue weighted by Gasteiger charge is -2.19. The van der Waals surface area contributed by atoms with Gasteiger partial charge in [0.2, 0.25) is 0 Å². The third-order valence-electron chi connectivity index (χ3n) is 2.99. The molecule has 0 fully saturated rings. The minimum Gasteiger partial charge on any atom is -0.496 e. The number of carbonyl (C=O) groups is 2. The average molecular weight is 335 g/mol. The van der Waals surface area contributed by atoms with Gasteiger partial charge in [-0.15, -0.1) is 0 Å². The average Bonchev–Trinajstić information content (AvgIpc) is 2.52. The highest BCUT2D eigenvalue weighted by Crippen LogP contribution is 2.28. The van der Waals surface area contributed by atoms with Crippen molar-refractivity contribution in [1.29, 1.82) is 0 Å². The van der Waals surface area contributed by atoms with Crippen molar-refractivity contribution in [1.82, 2.24) is 5.32 Å². The van der Waals surface area contributed by atoms with Crippen LogP contribution in [0, 0.1) is 0 Å². The lowest BCUT2D eigenvalue weighted by Crippen LogP contribution is -2.32. The van der Waals surface area contributed by atoms with Gasteiger partial charge < -0.3 is 19.5 Å². The monoisotopic (exact) mass is 335 g/mol. The smallest absolute Gasteiger partial charge is 0.407 e. The summed E-state index contributed by atoms with van der Waals surface area (Å²) >= 11 is 0. The number of rotatable bonds is 7. The molecule has 0 unspecified atom stereocenters. The van der Waals surface area contributed by atoms with Crippen molar-refractivity contribution < 1.29 is 23.8 Å². The summed E-state index contributed by atoms with van der Waals surface area (Å²) in [5.41, 5.74) is 0.708. The van der Waals surface area contributed by atoms with E-state index < -0.39 is 11.7 Å². The summed E-state index contributed by atoms with van der Waals surface area (Å²) in [4.78, 5) is 22.5. The van der Waals surface area contributed by atoms with E-state index in [-0.39, 0.29) is 0 Å². The molecule has 0 bridgehead atoms. The first-order valence-corrected chi connectivity index (χ1v) is 7.65. The number of carbonyl (C=O) groups excluding carboxylic acids is 2. The largest absolute Gasteiger partial charge is 0.496 e. The van der Waals surface area contributed by atoms with Crippen LogP contribution in [-0.4, -0.2) is 38.7 Å². The Morgan fingerprint density at radius 3 is 2.25 bits per heavy atom. The zero-order chi connectivity index (χ0) is 18.2. The van der Waals surface area contributed by atoms with Crippen LogP contribution in [0.4, 0.5) is 4.79 Å². The molecule has 1 aromatic rings. The van der Waals surface area contributed by atoms with E-state index in [0.717, 1.165) is 11.8 Å². The first-order chi connectivity index (χ1) is 11.3. The van der Waals surface area contributed by atoms with Gasteiger partial charge in [-0.05, 0) is 39.3 Å². The fourth-order valence-corrected chi connectivity index (χ4v) is 1.95. The molecule has 0 atom stereocenters. The summed E-state index contributed by atoms with van der Waals surface area (Å²) in [7, 11) is 3.05. The number of nitrogens with one attached hydrogen (secondary N) is 1. The fraction of sp³-hybridized carbons (Fsp3) is 0.444. The highest BCUT2D eigenvalue weighted by atomic mass is 16.6. The van der Waals surface area contributed by atoms with E-state index in [9.17, 15) is 9.59 Å². The molecule has 0 saturated heterocycles. The molecule has 0 aromatic heterocycles. The lowest BCUT2D eigenvalue weighted by molar-refractivity contribution is 0.0528. The molecule has 0 saturated carbocycles. The minimum atomic E-state index is -0.510. The third kappa shape index (κ3) is 6.32. The molecule has 0 aliphatic rings. The Kier molecular flexibility index (Phi) is 7.30. The lowest BCUT2D eigenvalue weighted by atomic mass is 10.1. The van der Waals surface area contributed by atoms with E-state index in [4.69, 9.17) is 14.2 Å². The molecule has 6 heteroatoms. The zero-order valence-corrected chi connectivity index (χ0v) is 14.8. The molecular formula is C18H25NO5. The van der Waals surface area contributed by atoms with Gasteiger partial charge in [-0.3, -0.25) is 4.79 Å². The maximum atomic E-state index is 11.5. The second-order valence-corrected chi connectivity index (χ2v) is 6.07. The van der Waals surface area contributed by atoms with Crippen molar-refractivity contribution in [2.45, 2.75) is 32.8 Å². The zero-order valence-electron chi connectivity index (χ0n) is 14.8. The number of methoxy groups -OCH3 is 2. The Morgan fingerprint density at radius 2 is 1.71 bits per heavy atom. The number of alkyl carbamates (subject to hydrolysis) is 1. The molecule has 132 valence electrons. The van der Waals surface area contributed by atoms with Crippen LogP contribution in [0.5, 0.6) is 11.5 Å². The molecule has 6 nitrogen and oxygen atoms in total. The van der Waals surface area contributed by atoms with Crippen LogP contribution in [0.15, 0.2) is 18.2 Å². The van der Waals surface area contributed by atoms with Crippen LogP contribution in [0.2, 0.25) is 0 Å². The summed E-state index contributed by atoms with van der Waals surface area (Å²) in [6.07, 6.45) is 4.66. The minimum absolute atomic E-state index is 0.429. The number of hydrogen-bond acceptors (Lipinski definition) is 5. The summed E-state index contributed by atoms with van der Waals surface area (Å²) in [5, 5.41) is 2.68. The van der Waals surface area contributed by atoms with Crippen LogP contribution >= 0.6 is 0 Å². The normalized spacial score (nSPS) is 11.2. The molecule has 0 aliphatic heterocycles. The van der Waals surface area contributed by atoms with Crippen molar-refractivity contribution in [2.24, 2.45) is 0 Å². The van der Waals surface area contributed by atoms with Gasteiger partial charge in [0.25, 0.3) is 0 Å². The second kappa shape index (κ2) is 8.96. The first kappa shape index (κ1) is 19.5. The Labute approximate surface area is 142 Å². The van der Waals surface area contributed by atoms with Crippen LogP contribution in [0.3, 0.4) is 0 Å². The summed E-state index contributed by atoms with van der Waals surface area (Å²) in [5.74, 6) is 1.06. The standard InChI is InChI=1S/C18H25NO5/c1-18(2,3)24-17(21)19-9-7-6-8-13-10-16(23-5)14(12-20)11-15(13)22-4/h6,8,10-12H,7,9H2,1-5H3,(H,19,21). The van der Waals surface area contributed by atoms with Gasteiger partial charge in [0, 0.05) is 12.1 Å². The van der Waals surface area contributed by atoms with Gasteiger partial charge in [-0.25, -0.2) is 4.79 Å². The summed E-state index contributed by atoms with van der Waals surface area (Å²) < 4.78 is 15.6. The van der Waals surface area contributed by atoms with E-state index in [1.165, 1.54) is 14.2 Å². The molecule has 1 rings (SSSR count). The Balaban J connectivity index is 2.64. The van der Waals surface area contributed by atoms with E-state index in [0.29, 0.717) is 30.0 Å². The number of benzene rings is 1. The van der Waals surface area contributed by atoms with Gasteiger partial charge in [-0.2, -0.15) is 0 Å². The molecule has 24 heavy (non-hydrogen) atoms. The van der Waals surface area contributed by atoms with Crippen molar-refractivity contribution in [2.75, 3.05) is 20.8 Å². The Bertz CT molecular complexity index is 602. The van der Waals surface area contributed by atoms with Gasteiger partial charge >= 0.3 is 6.09 Å². The van der Waals surface area contributed by atoms with Crippen LogP contribution in [-0.2, 0) is 4.74 Å². The van der Waals surface area contributed by atoms with E-state index in [1.54, 1.807) is 12.1 Å². The summed E-state index contributed by atoms with van der Waals surface area (Å²) in [6.45, 7) is 5.90. The van der Waals surface area contributed by atoms with Crippen molar-refractivity contribution in [3.05, 3.63) is 29.3 Å². The number of ether oxygens (including phenoxy) is 3. The topological polar surface area (TPSA) is 73.9 Å². The number of amides is 1. The number of aldehydes is 1. The predicted molar refractivity (Wildman–Crippen MR) is 92.8 cm³/mol. The van der Waals surface area contributed by atoms with Crippen LogP contribution < -0.4 is 14.8 Å². The molecule has 1 aromatic carbocycles. The third-order valence-corrected chi connectivity index (χ3v) is 2.99. The van der Waals surface area contributed by atoms with Crippen LogP contribution in [0.25, 0.3) is 6.08 Å². The van der Waals surface area contributed by atoms with E-state index in [2.05, 4.69) is 5.32 Å². The molecule has 1 N–H and O–H groups in total. The molecule has 0 radical (unpaired) electrons. The number of hydrogen-bond donors (Lipinski definition) is 1. The Hall–Kier alpha value is -2.50. The van der Waals surface area contributed by atoms with E-state index >= 15 is 0 Å². The van der Waals surface area contributed by atoms with Gasteiger partial charge in [0.1, 0.15) is 17.1 Å². The first-order valence-electron chi connectivity index (χ1n) is 7.65. The molecule has 0 aliphatic carbocycles. The molecule has 0 heterocycles. The van der Waals surface area contributed by atoms with E-state index in [1.807, 2.05) is 32.9 Å².